The van der Waals surface area contributed by atoms with Gasteiger partial charge in [0.05, 0.1) is 28.9 Å². The number of nitrogens with zero attached hydrogens (tertiary/aromatic N) is 1. The number of hydrogen-bond donors (Lipinski definition) is 1. The zero-order valence-electron chi connectivity index (χ0n) is 8.75. The molecule has 80 valence electrons. The molecule has 1 aromatic rings. The van der Waals surface area contributed by atoms with E-state index < -0.39 is 0 Å². The number of nitriles is 1. The molecule has 0 aliphatic rings. The first-order valence-electron chi connectivity index (χ1n) is 4.62. The molecule has 0 radical (unpaired) electrons. The summed E-state index contributed by atoms with van der Waals surface area (Å²) in [5, 5.41) is 12.5. The molecule has 0 aliphatic carbocycles. The van der Waals surface area contributed by atoms with Crippen LogP contribution in [0.3, 0.4) is 0 Å². The Hall–Kier alpha value is -1.24. The van der Waals surface area contributed by atoms with Crippen LogP contribution in [-0.4, -0.2) is 19.8 Å². The molecular formula is C11H13ClN2O. The fourth-order valence-electron chi connectivity index (χ4n) is 1.26. The van der Waals surface area contributed by atoms with Crippen LogP contribution in [0, 0.1) is 11.3 Å². The van der Waals surface area contributed by atoms with Crippen molar-refractivity contribution in [3.05, 3.63) is 28.8 Å². The van der Waals surface area contributed by atoms with Crippen LogP contribution in [0.4, 0.5) is 5.69 Å². The van der Waals surface area contributed by atoms with E-state index in [0.29, 0.717) is 17.2 Å². The standard InChI is InChI=1S/C11H13ClN2O/c1-8(7-15-2)14-11-5-9(6-13)3-4-10(11)12/h3-5,8,14H,7H2,1-2H3. The molecule has 1 aromatic carbocycles. The normalized spacial score (nSPS) is 11.9. The van der Waals surface area contributed by atoms with Crippen molar-refractivity contribution in [2.75, 3.05) is 19.0 Å². The van der Waals surface area contributed by atoms with Gasteiger partial charge in [0.25, 0.3) is 0 Å². The Balaban J connectivity index is 2.80. The second-order valence-corrected chi connectivity index (χ2v) is 3.71. The lowest BCUT2D eigenvalue weighted by Gasteiger charge is -2.15. The van der Waals surface area contributed by atoms with E-state index in [2.05, 4.69) is 11.4 Å². The van der Waals surface area contributed by atoms with Crippen LogP contribution in [0.25, 0.3) is 0 Å². The summed E-state index contributed by atoms with van der Waals surface area (Å²) in [6.45, 7) is 2.58. The Morgan fingerprint density at radius 1 is 1.60 bits per heavy atom. The number of halogens is 1. The minimum Gasteiger partial charge on any atom is -0.383 e. The second-order valence-electron chi connectivity index (χ2n) is 3.31. The van der Waals surface area contributed by atoms with Crippen LogP contribution in [0.5, 0.6) is 0 Å². The highest BCUT2D eigenvalue weighted by molar-refractivity contribution is 6.33. The van der Waals surface area contributed by atoms with Crippen molar-refractivity contribution in [3.63, 3.8) is 0 Å². The Labute approximate surface area is 94.6 Å². The largest absolute Gasteiger partial charge is 0.383 e. The van der Waals surface area contributed by atoms with Crippen molar-refractivity contribution in [1.29, 1.82) is 5.26 Å². The highest BCUT2D eigenvalue weighted by atomic mass is 35.5. The molecule has 3 nitrogen and oxygen atoms in total. The molecule has 0 aromatic heterocycles. The van der Waals surface area contributed by atoms with Crippen LogP contribution in [0.1, 0.15) is 12.5 Å². The SMILES string of the molecule is COCC(C)Nc1cc(C#N)ccc1Cl. The molecule has 0 heterocycles. The van der Waals surface area contributed by atoms with Crippen molar-refractivity contribution >= 4 is 17.3 Å². The molecule has 0 bridgehead atoms. The van der Waals surface area contributed by atoms with Crippen LogP contribution in [0.15, 0.2) is 18.2 Å². The van der Waals surface area contributed by atoms with Gasteiger partial charge in [0.2, 0.25) is 0 Å². The van der Waals surface area contributed by atoms with Gasteiger partial charge in [-0.2, -0.15) is 5.26 Å². The number of benzene rings is 1. The maximum absolute atomic E-state index is 8.74. The van der Waals surface area contributed by atoms with Gasteiger partial charge in [-0.15, -0.1) is 0 Å². The quantitative estimate of drug-likeness (QED) is 0.855. The maximum Gasteiger partial charge on any atom is 0.0992 e. The van der Waals surface area contributed by atoms with Crippen molar-refractivity contribution in [2.24, 2.45) is 0 Å². The summed E-state index contributed by atoms with van der Waals surface area (Å²) in [5.41, 5.74) is 1.35. The molecule has 0 saturated heterocycles. The first-order chi connectivity index (χ1) is 7.17. The van der Waals surface area contributed by atoms with Crippen molar-refractivity contribution in [1.82, 2.24) is 0 Å². The summed E-state index contributed by atoms with van der Waals surface area (Å²) in [6.07, 6.45) is 0. The number of ether oxygens (including phenoxy) is 1. The summed E-state index contributed by atoms with van der Waals surface area (Å²) >= 11 is 5.98. The Bertz CT molecular complexity index is 373. The van der Waals surface area contributed by atoms with E-state index in [1.807, 2.05) is 6.92 Å². The molecule has 0 fully saturated rings. The zero-order chi connectivity index (χ0) is 11.3. The summed E-state index contributed by atoms with van der Waals surface area (Å²) in [5.74, 6) is 0. The first-order valence-corrected chi connectivity index (χ1v) is 5.00. The predicted octanol–water partition coefficient (Wildman–Crippen LogP) is 2.66. The molecular weight excluding hydrogens is 212 g/mol. The number of rotatable bonds is 4. The lowest BCUT2D eigenvalue weighted by atomic mass is 10.2. The van der Waals surface area contributed by atoms with Gasteiger partial charge in [0.15, 0.2) is 0 Å². The molecule has 4 heteroatoms. The number of anilines is 1. The average Bonchev–Trinajstić information content (AvgIpc) is 2.21. The summed E-state index contributed by atoms with van der Waals surface area (Å²) in [7, 11) is 1.64. The van der Waals surface area contributed by atoms with E-state index in [4.69, 9.17) is 21.6 Å². The van der Waals surface area contributed by atoms with Gasteiger partial charge in [-0.3, -0.25) is 0 Å². The molecule has 0 spiro atoms. The van der Waals surface area contributed by atoms with Crippen LogP contribution < -0.4 is 5.32 Å². The van der Waals surface area contributed by atoms with Crippen molar-refractivity contribution in [3.8, 4) is 6.07 Å². The molecule has 1 rings (SSSR count). The maximum atomic E-state index is 8.74. The summed E-state index contributed by atoms with van der Waals surface area (Å²) < 4.78 is 5.00. The third-order valence-electron chi connectivity index (χ3n) is 1.91. The van der Waals surface area contributed by atoms with Gasteiger partial charge in [0, 0.05) is 13.2 Å². The van der Waals surface area contributed by atoms with Gasteiger partial charge in [0.1, 0.15) is 0 Å². The van der Waals surface area contributed by atoms with Crippen LogP contribution >= 0.6 is 11.6 Å². The zero-order valence-corrected chi connectivity index (χ0v) is 9.51. The second kappa shape index (κ2) is 5.59. The minimum absolute atomic E-state index is 0.154. The van der Waals surface area contributed by atoms with Crippen molar-refractivity contribution < 1.29 is 4.74 Å². The molecule has 1 atom stereocenters. The summed E-state index contributed by atoms with van der Waals surface area (Å²) in [6, 6.07) is 7.35. The number of methoxy groups -OCH3 is 1. The first kappa shape index (κ1) is 11.8. The van der Waals surface area contributed by atoms with Crippen LogP contribution in [-0.2, 0) is 4.74 Å². The molecule has 1 N–H and O–H groups in total. The number of hydrogen-bond acceptors (Lipinski definition) is 3. The van der Waals surface area contributed by atoms with E-state index in [-0.39, 0.29) is 6.04 Å². The lowest BCUT2D eigenvalue weighted by Crippen LogP contribution is -2.20. The highest BCUT2D eigenvalue weighted by Gasteiger charge is 2.05. The van der Waals surface area contributed by atoms with Gasteiger partial charge in [-0.1, -0.05) is 11.6 Å². The monoisotopic (exact) mass is 224 g/mol. The average molecular weight is 225 g/mol. The summed E-state index contributed by atoms with van der Waals surface area (Å²) in [4.78, 5) is 0. The topological polar surface area (TPSA) is 45.0 Å². The third-order valence-corrected chi connectivity index (χ3v) is 2.24. The molecule has 15 heavy (non-hydrogen) atoms. The van der Waals surface area contributed by atoms with Crippen molar-refractivity contribution in [2.45, 2.75) is 13.0 Å². The molecule has 1 unspecified atom stereocenters. The predicted molar refractivity (Wildman–Crippen MR) is 61.1 cm³/mol. The molecule has 0 aliphatic heterocycles. The highest BCUT2D eigenvalue weighted by Crippen LogP contribution is 2.23. The minimum atomic E-state index is 0.154. The Morgan fingerprint density at radius 3 is 2.93 bits per heavy atom. The van der Waals surface area contributed by atoms with Gasteiger partial charge >= 0.3 is 0 Å². The lowest BCUT2D eigenvalue weighted by molar-refractivity contribution is 0.190. The molecule has 0 amide bonds. The van der Waals surface area contributed by atoms with Gasteiger partial charge in [-0.05, 0) is 25.1 Å². The Morgan fingerprint density at radius 2 is 2.33 bits per heavy atom. The van der Waals surface area contributed by atoms with E-state index >= 15 is 0 Å². The fraction of sp³-hybridized carbons (Fsp3) is 0.364. The number of nitrogens with one attached hydrogen (secondary N) is 1. The van der Waals surface area contributed by atoms with E-state index in [0.717, 1.165) is 5.69 Å². The third kappa shape index (κ3) is 3.43. The fourth-order valence-corrected chi connectivity index (χ4v) is 1.43. The molecule has 0 saturated carbocycles. The van der Waals surface area contributed by atoms with E-state index in [9.17, 15) is 0 Å². The van der Waals surface area contributed by atoms with E-state index in [1.165, 1.54) is 0 Å². The van der Waals surface area contributed by atoms with E-state index in [1.54, 1.807) is 25.3 Å². The smallest absolute Gasteiger partial charge is 0.0992 e. The Kier molecular flexibility index (Phi) is 4.41. The van der Waals surface area contributed by atoms with Gasteiger partial charge in [-0.25, -0.2) is 0 Å². The van der Waals surface area contributed by atoms with Gasteiger partial charge < -0.3 is 10.1 Å². The van der Waals surface area contributed by atoms with Crippen LogP contribution in [0.2, 0.25) is 5.02 Å².